The molecule has 1 heterocycles. The minimum Gasteiger partial charge on any atom is -0.384 e. The topological polar surface area (TPSA) is 76.4 Å². The first-order valence-electron chi connectivity index (χ1n) is 5.58. The molecule has 4 heteroatoms. The number of nitrogens with two attached hydrogens (primary N) is 2. The van der Waals surface area contributed by atoms with Crippen LogP contribution in [0.4, 0.5) is 0 Å². The lowest BCUT2D eigenvalue weighted by Gasteiger charge is -2.39. The van der Waals surface area contributed by atoms with Crippen LogP contribution in [0.5, 0.6) is 0 Å². The van der Waals surface area contributed by atoms with Crippen LogP contribution in [-0.4, -0.2) is 18.4 Å². The van der Waals surface area contributed by atoms with Gasteiger partial charge in [-0.2, -0.15) is 5.10 Å². The first-order valence-corrected chi connectivity index (χ1v) is 5.58. The van der Waals surface area contributed by atoms with Crippen molar-refractivity contribution in [3.63, 3.8) is 0 Å². The second kappa shape index (κ2) is 4.17. The molecule has 0 amide bonds. The molecule has 0 radical (unpaired) electrons. The number of hydrogen-bond acceptors (Lipinski definition) is 3. The molecular formula is C10H20N4. The SMILES string of the molecule is N/N=C(\N)C1CC2CCCCC2CN1. The molecule has 14 heavy (non-hydrogen) atoms. The van der Waals surface area contributed by atoms with E-state index in [1.807, 2.05) is 0 Å². The van der Waals surface area contributed by atoms with E-state index >= 15 is 0 Å². The van der Waals surface area contributed by atoms with Crippen molar-refractivity contribution in [3.05, 3.63) is 0 Å². The monoisotopic (exact) mass is 196 g/mol. The molecular weight excluding hydrogens is 176 g/mol. The van der Waals surface area contributed by atoms with E-state index in [1.165, 1.54) is 25.7 Å². The third-order valence-electron chi connectivity index (χ3n) is 3.74. The van der Waals surface area contributed by atoms with Gasteiger partial charge < -0.3 is 16.9 Å². The van der Waals surface area contributed by atoms with Crippen LogP contribution < -0.4 is 16.9 Å². The fraction of sp³-hybridized carbons (Fsp3) is 0.900. The van der Waals surface area contributed by atoms with Gasteiger partial charge in [-0.25, -0.2) is 0 Å². The van der Waals surface area contributed by atoms with Crippen LogP contribution in [-0.2, 0) is 0 Å². The number of nitrogens with one attached hydrogen (secondary N) is 1. The van der Waals surface area contributed by atoms with Crippen LogP contribution in [0.2, 0.25) is 0 Å². The summed E-state index contributed by atoms with van der Waals surface area (Å²) < 4.78 is 0. The van der Waals surface area contributed by atoms with Gasteiger partial charge in [-0.1, -0.05) is 19.3 Å². The Morgan fingerprint density at radius 1 is 1.21 bits per heavy atom. The average molecular weight is 196 g/mol. The van der Waals surface area contributed by atoms with E-state index in [0.717, 1.165) is 24.8 Å². The van der Waals surface area contributed by atoms with Gasteiger partial charge in [0.25, 0.3) is 0 Å². The molecule has 2 fully saturated rings. The Labute approximate surface area is 85.1 Å². The van der Waals surface area contributed by atoms with Crippen molar-refractivity contribution in [2.45, 2.75) is 38.1 Å². The summed E-state index contributed by atoms with van der Waals surface area (Å²) >= 11 is 0. The molecule has 3 unspecified atom stereocenters. The second-order valence-corrected chi connectivity index (χ2v) is 4.56. The lowest BCUT2D eigenvalue weighted by atomic mass is 9.73. The minimum atomic E-state index is 0.222. The first-order chi connectivity index (χ1) is 6.81. The van der Waals surface area contributed by atoms with Crippen LogP contribution in [0.3, 0.4) is 0 Å². The van der Waals surface area contributed by atoms with Crippen molar-refractivity contribution in [2.75, 3.05) is 6.54 Å². The van der Waals surface area contributed by atoms with E-state index in [9.17, 15) is 0 Å². The van der Waals surface area contributed by atoms with E-state index < -0.39 is 0 Å². The Morgan fingerprint density at radius 2 is 1.93 bits per heavy atom. The molecule has 1 saturated heterocycles. The average Bonchev–Trinajstić information content (AvgIpc) is 2.27. The number of hydrogen-bond donors (Lipinski definition) is 3. The highest BCUT2D eigenvalue weighted by molar-refractivity contribution is 5.85. The second-order valence-electron chi connectivity index (χ2n) is 4.56. The van der Waals surface area contributed by atoms with Crippen LogP contribution in [0.15, 0.2) is 5.10 Å². The van der Waals surface area contributed by atoms with E-state index in [2.05, 4.69) is 10.4 Å². The number of piperidine rings is 1. The molecule has 0 aromatic rings. The number of hydrazone groups is 1. The van der Waals surface area contributed by atoms with Gasteiger partial charge in [0.05, 0.1) is 6.04 Å². The lowest BCUT2D eigenvalue weighted by Crippen LogP contribution is -2.51. The maximum atomic E-state index is 5.73. The van der Waals surface area contributed by atoms with Gasteiger partial charge in [-0.3, -0.25) is 0 Å². The van der Waals surface area contributed by atoms with Crippen molar-refractivity contribution >= 4 is 5.84 Å². The maximum absolute atomic E-state index is 5.73. The third kappa shape index (κ3) is 1.85. The summed E-state index contributed by atoms with van der Waals surface area (Å²) in [6.07, 6.45) is 6.64. The molecule has 5 N–H and O–H groups in total. The van der Waals surface area contributed by atoms with Crippen molar-refractivity contribution in [3.8, 4) is 0 Å². The third-order valence-corrected chi connectivity index (χ3v) is 3.74. The highest BCUT2D eigenvalue weighted by Gasteiger charge is 2.33. The maximum Gasteiger partial charge on any atom is 0.136 e. The Morgan fingerprint density at radius 3 is 2.64 bits per heavy atom. The zero-order valence-electron chi connectivity index (χ0n) is 8.58. The molecule has 1 saturated carbocycles. The van der Waals surface area contributed by atoms with Crippen molar-refractivity contribution in [1.82, 2.24) is 5.32 Å². The Bertz CT molecular complexity index is 226. The van der Waals surface area contributed by atoms with Crippen molar-refractivity contribution in [1.29, 1.82) is 0 Å². The largest absolute Gasteiger partial charge is 0.384 e. The number of rotatable bonds is 1. The standard InChI is InChI=1S/C10H20N4/c11-10(14-12)9-5-7-3-1-2-4-8(7)6-13-9/h7-9,13H,1-6,12H2,(H2,11,14). The molecule has 0 bridgehead atoms. The highest BCUT2D eigenvalue weighted by atomic mass is 15.2. The van der Waals surface area contributed by atoms with Gasteiger partial charge in [0.1, 0.15) is 5.84 Å². The zero-order valence-corrected chi connectivity index (χ0v) is 8.58. The predicted molar refractivity (Wildman–Crippen MR) is 57.7 cm³/mol. The van der Waals surface area contributed by atoms with Crippen LogP contribution in [0, 0.1) is 11.8 Å². The molecule has 2 rings (SSSR count). The lowest BCUT2D eigenvalue weighted by molar-refractivity contribution is 0.172. The molecule has 0 aromatic heterocycles. The first kappa shape index (κ1) is 9.77. The Kier molecular flexibility index (Phi) is 2.91. The van der Waals surface area contributed by atoms with Gasteiger partial charge >= 0.3 is 0 Å². The number of nitrogens with zero attached hydrogens (tertiary/aromatic N) is 1. The van der Waals surface area contributed by atoms with Gasteiger partial charge in [0.15, 0.2) is 0 Å². The molecule has 1 aliphatic carbocycles. The summed E-state index contributed by atoms with van der Waals surface area (Å²) in [5, 5.41) is 7.01. The normalized spacial score (nSPS) is 39.1. The molecule has 3 atom stereocenters. The van der Waals surface area contributed by atoms with Crippen molar-refractivity contribution in [2.24, 2.45) is 28.5 Å². The van der Waals surface area contributed by atoms with E-state index in [0.29, 0.717) is 5.84 Å². The van der Waals surface area contributed by atoms with E-state index in [4.69, 9.17) is 11.6 Å². The molecule has 80 valence electrons. The number of fused-ring (bicyclic) bond motifs is 1. The molecule has 1 aliphatic heterocycles. The molecule has 0 aromatic carbocycles. The van der Waals surface area contributed by atoms with E-state index in [-0.39, 0.29) is 6.04 Å². The van der Waals surface area contributed by atoms with E-state index in [1.54, 1.807) is 0 Å². The summed E-state index contributed by atoms with van der Waals surface area (Å²) in [7, 11) is 0. The van der Waals surface area contributed by atoms with Gasteiger partial charge in [-0.15, -0.1) is 0 Å². The Hall–Kier alpha value is -0.770. The van der Waals surface area contributed by atoms with Gasteiger partial charge in [0.2, 0.25) is 0 Å². The van der Waals surface area contributed by atoms with Gasteiger partial charge in [-0.05, 0) is 31.2 Å². The van der Waals surface area contributed by atoms with Crippen LogP contribution >= 0.6 is 0 Å². The minimum absolute atomic E-state index is 0.222. The smallest absolute Gasteiger partial charge is 0.136 e. The quantitative estimate of drug-likeness (QED) is 0.246. The van der Waals surface area contributed by atoms with Crippen LogP contribution in [0.25, 0.3) is 0 Å². The Balaban J connectivity index is 1.95. The fourth-order valence-corrected chi connectivity index (χ4v) is 2.86. The fourth-order valence-electron chi connectivity index (χ4n) is 2.86. The summed E-state index contributed by atoms with van der Waals surface area (Å²) in [5.74, 6) is 7.47. The summed E-state index contributed by atoms with van der Waals surface area (Å²) in [6.45, 7) is 1.09. The zero-order chi connectivity index (χ0) is 9.97. The molecule has 4 nitrogen and oxygen atoms in total. The predicted octanol–water partition coefficient (Wildman–Crippen LogP) is 0.386. The van der Waals surface area contributed by atoms with Gasteiger partial charge in [0, 0.05) is 0 Å². The summed E-state index contributed by atoms with van der Waals surface area (Å²) in [5.41, 5.74) is 5.73. The van der Waals surface area contributed by atoms with Crippen LogP contribution in [0.1, 0.15) is 32.1 Å². The molecule has 0 spiro atoms. The van der Waals surface area contributed by atoms with Crippen molar-refractivity contribution < 1.29 is 0 Å². The number of amidine groups is 1. The highest BCUT2D eigenvalue weighted by Crippen LogP contribution is 2.35. The summed E-state index contributed by atoms with van der Waals surface area (Å²) in [6, 6.07) is 0.222. The molecule has 2 aliphatic rings. The summed E-state index contributed by atoms with van der Waals surface area (Å²) in [4.78, 5) is 0.